The summed E-state index contributed by atoms with van der Waals surface area (Å²) in [5.41, 5.74) is 7.75. The first-order chi connectivity index (χ1) is 9.66. The molecule has 110 valence electrons. The predicted molar refractivity (Wildman–Crippen MR) is 80.1 cm³/mol. The SMILES string of the molecule is CC(N)c1ccc(N2CCOC3CCCCC32)cc1O. The highest BCUT2D eigenvalue weighted by Crippen LogP contribution is 2.34. The largest absolute Gasteiger partial charge is 0.508 e. The lowest BCUT2D eigenvalue weighted by molar-refractivity contribution is -0.00869. The first-order valence-corrected chi connectivity index (χ1v) is 7.63. The van der Waals surface area contributed by atoms with Crippen LogP contribution < -0.4 is 10.6 Å². The highest BCUT2D eigenvalue weighted by Gasteiger charge is 2.34. The average molecular weight is 276 g/mol. The maximum absolute atomic E-state index is 10.2. The van der Waals surface area contributed by atoms with E-state index in [9.17, 15) is 5.11 Å². The van der Waals surface area contributed by atoms with E-state index >= 15 is 0 Å². The molecular weight excluding hydrogens is 252 g/mol. The molecule has 3 unspecified atom stereocenters. The van der Waals surface area contributed by atoms with Crippen molar-refractivity contribution >= 4 is 5.69 Å². The molecule has 0 spiro atoms. The maximum Gasteiger partial charge on any atom is 0.122 e. The second kappa shape index (κ2) is 5.62. The first kappa shape index (κ1) is 13.7. The van der Waals surface area contributed by atoms with Gasteiger partial charge in [0.15, 0.2) is 0 Å². The van der Waals surface area contributed by atoms with Crippen molar-refractivity contribution in [1.29, 1.82) is 0 Å². The fourth-order valence-electron chi connectivity index (χ4n) is 3.51. The fraction of sp³-hybridized carbons (Fsp3) is 0.625. The summed E-state index contributed by atoms with van der Waals surface area (Å²) >= 11 is 0. The predicted octanol–water partition coefficient (Wildman–Crippen LogP) is 2.56. The average Bonchev–Trinajstić information content (AvgIpc) is 2.46. The van der Waals surface area contributed by atoms with Crippen LogP contribution in [0.15, 0.2) is 18.2 Å². The molecular formula is C16H24N2O2. The third kappa shape index (κ3) is 2.50. The highest BCUT2D eigenvalue weighted by atomic mass is 16.5. The van der Waals surface area contributed by atoms with Crippen LogP contribution in [-0.4, -0.2) is 30.4 Å². The van der Waals surface area contributed by atoms with E-state index < -0.39 is 0 Å². The summed E-state index contributed by atoms with van der Waals surface area (Å²) < 4.78 is 5.90. The summed E-state index contributed by atoms with van der Waals surface area (Å²) in [4.78, 5) is 2.40. The zero-order chi connectivity index (χ0) is 14.1. The van der Waals surface area contributed by atoms with E-state index in [0.29, 0.717) is 17.9 Å². The number of nitrogens with two attached hydrogens (primary N) is 1. The van der Waals surface area contributed by atoms with Gasteiger partial charge in [-0.3, -0.25) is 0 Å². The quantitative estimate of drug-likeness (QED) is 0.871. The molecule has 1 saturated carbocycles. The molecule has 0 radical (unpaired) electrons. The lowest BCUT2D eigenvalue weighted by Crippen LogP contribution is -2.52. The van der Waals surface area contributed by atoms with Gasteiger partial charge in [-0.1, -0.05) is 18.9 Å². The molecule has 4 heteroatoms. The summed E-state index contributed by atoms with van der Waals surface area (Å²) in [6.45, 7) is 3.57. The Labute approximate surface area is 120 Å². The van der Waals surface area contributed by atoms with Crippen LogP contribution in [0.3, 0.4) is 0 Å². The van der Waals surface area contributed by atoms with Crippen molar-refractivity contribution in [2.75, 3.05) is 18.1 Å². The van der Waals surface area contributed by atoms with Gasteiger partial charge < -0.3 is 20.5 Å². The van der Waals surface area contributed by atoms with E-state index in [2.05, 4.69) is 11.0 Å². The molecule has 1 aromatic carbocycles. The molecule has 20 heavy (non-hydrogen) atoms. The minimum atomic E-state index is -0.142. The number of phenolic OH excluding ortho intramolecular Hbond substituents is 1. The van der Waals surface area contributed by atoms with Crippen LogP contribution in [0.5, 0.6) is 5.75 Å². The second-order valence-corrected chi connectivity index (χ2v) is 5.99. The second-order valence-electron chi connectivity index (χ2n) is 5.99. The summed E-state index contributed by atoms with van der Waals surface area (Å²) in [6, 6.07) is 6.20. The Morgan fingerprint density at radius 1 is 1.35 bits per heavy atom. The number of phenols is 1. The molecule has 0 aromatic heterocycles. The molecule has 3 N–H and O–H groups in total. The van der Waals surface area contributed by atoms with Crippen LogP contribution in [0.1, 0.15) is 44.2 Å². The Bertz CT molecular complexity index is 474. The number of fused-ring (bicyclic) bond motifs is 1. The normalized spacial score (nSPS) is 28.0. The number of hydrogen-bond donors (Lipinski definition) is 2. The fourth-order valence-corrected chi connectivity index (χ4v) is 3.51. The molecule has 0 bridgehead atoms. The molecule has 1 aromatic rings. The smallest absolute Gasteiger partial charge is 0.122 e. The molecule has 4 nitrogen and oxygen atoms in total. The molecule has 3 atom stereocenters. The van der Waals surface area contributed by atoms with Crippen LogP contribution >= 0.6 is 0 Å². The lowest BCUT2D eigenvalue weighted by Gasteiger charge is -2.45. The highest BCUT2D eigenvalue weighted by molar-refractivity contribution is 5.55. The summed E-state index contributed by atoms with van der Waals surface area (Å²) in [6.07, 6.45) is 5.23. The Hall–Kier alpha value is -1.26. The third-order valence-corrected chi connectivity index (χ3v) is 4.57. The van der Waals surface area contributed by atoms with Crippen molar-refractivity contribution in [2.45, 2.75) is 50.8 Å². The number of hydrogen-bond acceptors (Lipinski definition) is 4. The zero-order valence-electron chi connectivity index (χ0n) is 12.1. The number of morpholine rings is 1. The van der Waals surface area contributed by atoms with Gasteiger partial charge in [0.05, 0.1) is 18.8 Å². The van der Waals surface area contributed by atoms with E-state index in [1.165, 1.54) is 19.3 Å². The van der Waals surface area contributed by atoms with Crippen molar-refractivity contribution in [2.24, 2.45) is 5.73 Å². The summed E-state index contributed by atoms with van der Waals surface area (Å²) in [5, 5.41) is 10.2. The van der Waals surface area contributed by atoms with Gasteiger partial charge in [0.25, 0.3) is 0 Å². The maximum atomic E-state index is 10.2. The Balaban J connectivity index is 1.85. The monoisotopic (exact) mass is 276 g/mol. The number of rotatable bonds is 2. The van der Waals surface area contributed by atoms with Crippen molar-refractivity contribution in [3.63, 3.8) is 0 Å². The minimum absolute atomic E-state index is 0.142. The molecule has 3 rings (SSSR count). The van der Waals surface area contributed by atoms with Crippen LogP contribution in [0.4, 0.5) is 5.69 Å². The van der Waals surface area contributed by atoms with Gasteiger partial charge in [-0.05, 0) is 25.8 Å². The van der Waals surface area contributed by atoms with Crippen LogP contribution in [0, 0.1) is 0 Å². The van der Waals surface area contributed by atoms with Crippen molar-refractivity contribution in [3.8, 4) is 5.75 Å². The zero-order valence-corrected chi connectivity index (χ0v) is 12.1. The van der Waals surface area contributed by atoms with E-state index in [1.54, 1.807) is 0 Å². The Morgan fingerprint density at radius 3 is 2.90 bits per heavy atom. The van der Waals surface area contributed by atoms with Gasteiger partial charge in [0.2, 0.25) is 0 Å². The summed E-state index contributed by atoms with van der Waals surface area (Å²) in [5.74, 6) is 0.302. The molecule has 0 amide bonds. The van der Waals surface area contributed by atoms with Gasteiger partial charge >= 0.3 is 0 Å². The number of anilines is 1. The van der Waals surface area contributed by atoms with Crippen molar-refractivity contribution < 1.29 is 9.84 Å². The standard InChI is InChI=1S/C16H24N2O2/c1-11(17)13-7-6-12(10-15(13)19)18-8-9-20-16-5-3-2-4-14(16)18/h6-7,10-11,14,16,19H,2-5,8-9,17H2,1H3. The molecule has 1 heterocycles. The van der Waals surface area contributed by atoms with E-state index in [0.717, 1.165) is 30.8 Å². The van der Waals surface area contributed by atoms with Gasteiger partial charge in [-0.2, -0.15) is 0 Å². The van der Waals surface area contributed by atoms with Crippen LogP contribution in [0.2, 0.25) is 0 Å². The molecule has 1 aliphatic heterocycles. The van der Waals surface area contributed by atoms with Crippen LogP contribution in [-0.2, 0) is 4.74 Å². The van der Waals surface area contributed by atoms with Gasteiger partial charge in [0, 0.05) is 29.9 Å². The Kier molecular flexibility index (Phi) is 3.85. The molecule has 2 fully saturated rings. The third-order valence-electron chi connectivity index (χ3n) is 4.57. The van der Waals surface area contributed by atoms with Gasteiger partial charge in [-0.25, -0.2) is 0 Å². The van der Waals surface area contributed by atoms with Crippen LogP contribution in [0.25, 0.3) is 0 Å². The van der Waals surface area contributed by atoms with E-state index in [1.807, 2.05) is 19.1 Å². The molecule has 2 aliphatic rings. The van der Waals surface area contributed by atoms with Gasteiger partial charge in [-0.15, -0.1) is 0 Å². The van der Waals surface area contributed by atoms with Crippen molar-refractivity contribution in [3.05, 3.63) is 23.8 Å². The number of benzene rings is 1. The van der Waals surface area contributed by atoms with Crippen molar-refractivity contribution in [1.82, 2.24) is 0 Å². The molecule has 1 aliphatic carbocycles. The first-order valence-electron chi connectivity index (χ1n) is 7.63. The number of nitrogens with zero attached hydrogens (tertiary/aromatic N) is 1. The van der Waals surface area contributed by atoms with Gasteiger partial charge in [0.1, 0.15) is 5.75 Å². The molecule has 1 saturated heterocycles. The lowest BCUT2D eigenvalue weighted by atomic mass is 9.89. The Morgan fingerprint density at radius 2 is 2.15 bits per heavy atom. The minimum Gasteiger partial charge on any atom is -0.508 e. The van der Waals surface area contributed by atoms with E-state index in [4.69, 9.17) is 10.5 Å². The number of aromatic hydroxyl groups is 1. The van der Waals surface area contributed by atoms with E-state index in [-0.39, 0.29) is 6.04 Å². The summed E-state index contributed by atoms with van der Waals surface area (Å²) in [7, 11) is 0. The topological polar surface area (TPSA) is 58.7 Å². The number of ether oxygens (including phenoxy) is 1.